The van der Waals surface area contributed by atoms with Gasteiger partial charge in [0, 0.05) is 23.4 Å². The maximum Gasteiger partial charge on any atom is 0.222 e. The number of nitrogens with zero attached hydrogens (tertiary/aromatic N) is 3. The fourth-order valence-corrected chi connectivity index (χ4v) is 3.53. The summed E-state index contributed by atoms with van der Waals surface area (Å²) in [7, 11) is 0. The van der Waals surface area contributed by atoms with Crippen LogP contribution in [0.5, 0.6) is 11.5 Å². The number of nitrogens with two attached hydrogens (primary N) is 3. The topological polar surface area (TPSA) is 137 Å². The molecule has 2 aliphatic rings. The van der Waals surface area contributed by atoms with E-state index in [4.69, 9.17) is 21.9 Å². The quantitative estimate of drug-likeness (QED) is 0.505. The van der Waals surface area contributed by atoms with Gasteiger partial charge < -0.3 is 27.3 Å². The molecule has 1 fully saturated rings. The van der Waals surface area contributed by atoms with E-state index in [0.29, 0.717) is 51.8 Å². The first-order chi connectivity index (χ1) is 14.1. The molecule has 0 amide bonds. The first-order valence-corrected chi connectivity index (χ1v) is 9.53. The Morgan fingerprint density at radius 3 is 2.59 bits per heavy atom. The number of para-hydroxylation sites is 2. The lowest BCUT2D eigenvalue weighted by molar-refractivity contribution is 0.444. The van der Waals surface area contributed by atoms with Crippen LogP contribution in [0.1, 0.15) is 24.8 Å². The van der Waals surface area contributed by atoms with Gasteiger partial charge in [0.1, 0.15) is 23.1 Å². The van der Waals surface area contributed by atoms with Gasteiger partial charge in [-0.05, 0) is 43.5 Å². The summed E-state index contributed by atoms with van der Waals surface area (Å²) in [5.41, 5.74) is 21.6. The zero-order valence-corrected chi connectivity index (χ0v) is 15.7. The van der Waals surface area contributed by atoms with Crippen molar-refractivity contribution in [3.05, 3.63) is 48.0 Å². The molecule has 0 radical (unpaired) electrons. The van der Waals surface area contributed by atoms with Crippen molar-refractivity contribution in [3.8, 4) is 22.8 Å². The third-order valence-corrected chi connectivity index (χ3v) is 5.21. The lowest BCUT2D eigenvalue weighted by Crippen LogP contribution is -2.27. The number of hydrogen-bond donors (Lipinski definition) is 4. The average Bonchev–Trinajstić information content (AvgIpc) is 2.80. The molecule has 1 aliphatic heterocycles. The average molecular weight is 387 g/mol. The summed E-state index contributed by atoms with van der Waals surface area (Å²) in [6, 6.07) is 13.4. The second-order valence-electron chi connectivity index (χ2n) is 7.27. The van der Waals surface area contributed by atoms with E-state index in [1.807, 2.05) is 36.4 Å². The van der Waals surface area contributed by atoms with Crippen LogP contribution in [0.25, 0.3) is 11.3 Å². The van der Waals surface area contributed by atoms with Gasteiger partial charge >= 0.3 is 0 Å². The maximum atomic E-state index is 6.33. The highest BCUT2D eigenvalue weighted by molar-refractivity contribution is 6.07. The Morgan fingerprint density at radius 1 is 0.966 bits per heavy atom. The first kappa shape index (κ1) is 17.3. The SMILES string of the molecule is NC1=Nc2ccccc2Oc2cc(-c3cc(NC4CCC4)nc(N)n3)cc(N)c21. The number of ether oxygens (including phenoxy) is 1. The minimum absolute atomic E-state index is 0.199. The number of benzene rings is 2. The number of rotatable bonds is 3. The number of amidine groups is 1. The highest BCUT2D eigenvalue weighted by atomic mass is 16.5. The number of aromatic nitrogens is 2. The fourth-order valence-electron chi connectivity index (χ4n) is 3.53. The Balaban J connectivity index is 1.58. The number of anilines is 3. The van der Waals surface area contributed by atoms with E-state index in [0.717, 1.165) is 18.4 Å². The minimum atomic E-state index is 0.199. The molecule has 146 valence electrons. The molecular formula is C21H21N7O. The van der Waals surface area contributed by atoms with E-state index < -0.39 is 0 Å². The van der Waals surface area contributed by atoms with Crippen molar-refractivity contribution in [3.63, 3.8) is 0 Å². The molecule has 2 aromatic carbocycles. The third kappa shape index (κ3) is 3.18. The number of hydrogen-bond acceptors (Lipinski definition) is 8. The van der Waals surface area contributed by atoms with Crippen molar-refractivity contribution in [1.82, 2.24) is 9.97 Å². The van der Waals surface area contributed by atoms with Gasteiger partial charge in [-0.1, -0.05) is 12.1 Å². The Morgan fingerprint density at radius 2 is 1.79 bits per heavy atom. The summed E-state index contributed by atoms with van der Waals surface area (Å²) in [4.78, 5) is 13.1. The van der Waals surface area contributed by atoms with E-state index in [1.54, 1.807) is 6.07 Å². The number of aliphatic imine (C=N–C) groups is 1. The van der Waals surface area contributed by atoms with Crippen LogP contribution in [0.3, 0.4) is 0 Å². The number of nitrogen functional groups attached to an aromatic ring is 2. The minimum Gasteiger partial charge on any atom is -0.454 e. The summed E-state index contributed by atoms with van der Waals surface area (Å²) in [5, 5.41) is 3.40. The molecule has 7 N–H and O–H groups in total. The molecule has 0 bridgehead atoms. The predicted molar refractivity (Wildman–Crippen MR) is 114 cm³/mol. The Bertz CT molecular complexity index is 1140. The van der Waals surface area contributed by atoms with Crippen molar-refractivity contribution in [2.45, 2.75) is 25.3 Å². The van der Waals surface area contributed by atoms with Crippen LogP contribution >= 0.6 is 0 Å². The smallest absolute Gasteiger partial charge is 0.222 e. The highest BCUT2D eigenvalue weighted by Crippen LogP contribution is 2.41. The molecule has 1 aliphatic carbocycles. The molecule has 29 heavy (non-hydrogen) atoms. The second-order valence-corrected chi connectivity index (χ2v) is 7.27. The van der Waals surface area contributed by atoms with Crippen molar-refractivity contribution in [1.29, 1.82) is 0 Å². The summed E-state index contributed by atoms with van der Waals surface area (Å²) >= 11 is 0. The van der Waals surface area contributed by atoms with Gasteiger partial charge in [-0.3, -0.25) is 0 Å². The fraction of sp³-hybridized carbons (Fsp3) is 0.190. The molecule has 0 unspecified atom stereocenters. The van der Waals surface area contributed by atoms with Gasteiger partial charge in [0.2, 0.25) is 5.95 Å². The van der Waals surface area contributed by atoms with Crippen LogP contribution < -0.4 is 27.3 Å². The molecule has 0 spiro atoms. The molecule has 3 aromatic rings. The lowest BCUT2D eigenvalue weighted by atomic mass is 9.93. The van der Waals surface area contributed by atoms with Crippen molar-refractivity contribution in [2.24, 2.45) is 10.7 Å². The predicted octanol–water partition coefficient (Wildman–Crippen LogP) is 3.42. The van der Waals surface area contributed by atoms with E-state index in [1.165, 1.54) is 6.42 Å². The normalized spacial score (nSPS) is 15.2. The lowest BCUT2D eigenvalue weighted by Gasteiger charge is -2.27. The van der Waals surface area contributed by atoms with Crippen LogP contribution in [0.15, 0.2) is 47.5 Å². The zero-order valence-electron chi connectivity index (χ0n) is 15.7. The number of fused-ring (bicyclic) bond motifs is 2. The van der Waals surface area contributed by atoms with E-state index in [9.17, 15) is 0 Å². The van der Waals surface area contributed by atoms with Crippen molar-refractivity contribution < 1.29 is 4.74 Å². The third-order valence-electron chi connectivity index (χ3n) is 5.21. The van der Waals surface area contributed by atoms with Gasteiger partial charge in [0.25, 0.3) is 0 Å². The largest absolute Gasteiger partial charge is 0.454 e. The summed E-state index contributed by atoms with van der Waals surface area (Å²) in [6.45, 7) is 0. The molecule has 0 atom stereocenters. The van der Waals surface area contributed by atoms with E-state index in [-0.39, 0.29) is 5.95 Å². The molecule has 1 saturated carbocycles. The first-order valence-electron chi connectivity index (χ1n) is 9.53. The summed E-state index contributed by atoms with van der Waals surface area (Å²) in [5.74, 6) is 2.35. The molecule has 8 heteroatoms. The molecule has 0 saturated heterocycles. The van der Waals surface area contributed by atoms with Crippen LogP contribution in [-0.4, -0.2) is 21.8 Å². The molecule has 1 aromatic heterocycles. The van der Waals surface area contributed by atoms with Crippen molar-refractivity contribution >= 4 is 29.0 Å². The zero-order chi connectivity index (χ0) is 20.0. The molecular weight excluding hydrogens is 366 g/mol. The second kappa shape index (κ2) is 6.66. The van der Waals surface area contributed by atoms with Crippen LogP contribution in [0.2, 0.25) is 0 Å². The van der Waals surface area contributed by atoms with E-state index in [2.05, 4.69) is 20.3 Å². The van der Waals surface area contributed by atoms with Gasteiger partial charge in [-0.25, -0.2) is 9.98 Å². The van der Waals surface area contributed by atoms with E-state index >= 15 is 0 Å². The highest BCUT2D eigenvalue weighted by Gasteiger charge is 2.22. The van der Waals surface area contributed by atoms with Crippen molar-refractivity contribution in [2.75, 3.05) is 16.8 Å². The van der Waals surface area contributed by atoms with Gasteiger partial charge in [-0.2, -0.15) is 4.98 Å². The number of nitrogens with one attached hydrogen (secondary N) is 1. The molecule has 8 nitrogen and oxygen atoms in total. The molecule has 5 rings (SSSR count). The standard InChI is InChI=1S/C21H21N7O/c22-13-8-11(15-10-18(28-21(24)27-15)25-12-4-3-5-12)9-17-19(13)20(23)26-14-6-1-2-7-16(14)29-17/h1-2,6-10,12H,3-5,22H2,(H2,23,26)(H3,24,25,27,28). The summed E-state index contributed by atoms with van der Waals surface area (Å²) < 4.78 is 6.10. The van der Waals surface area contributed by atoms with Gasteiger partial charge in [0.15, 0.2) is 5.75 Å². The van der Waals surface area contributed by atoms with Gasteiger partial charge in [-0.15, -0.1) is 0 Å². The van der Waals surface area contributed by atoms with Crippen LogP contribution in [0.4, 0.5) is 23.1 Å². The molecule has 2 heterocycles. The Hall–Kier alpha value is -3.81. The monoisotopic (exact) mass is 387 g/mol. The Kier molecular flexibility index (Phi) is 3.97. The summed E-state index contributed by atoms with van der Waals surface area (Å²) in [6.07, 6.45) is 3.50. The maximum absolute atomic E-state index is 6.33. The van der Waals surface area contributed by atoms with Gasteiger partial charge in [0.05, 0.1) is 11.3 Å². The van der Waals surface area contributed by atoms with Crippen LogP contribution in [-0.2, 0) is 0 Å². The Labute approximate surface area is 167 Å². The van der Waals surface area contributed by atoms with Crippen LogP contribution in [0, 0.1) is 0 Å².